The molecule has 3 aromatic rings. The summed E-state index contributed by atoms with van der Waals surface area (Å²) < 4.78 is 7.50. The number of halogens is 1. The third kappa shape index (κ3) is 5.15. The number of hydrogen-bond donors (Lipinski definition) is 1. The zero-order valence-electron chi connectivity index (χ0n) is 16.8. The molecular weight excluding hydrogens is 408 g/mol. The Balaban J connectivity index is 1.76. The van der Waals surface area contributed by atoms with E-state index in [2.05, 4.69) is 10.4 Å². The third-order valence-corrected chi connectivity index (χ3v) is 4.92. The van der Waals surface area contributed by atoms with Gasteiger partial charge in [-0.05, 0) is 38.0 Å². The first-order valence-electron chi connectivity index (χ1n) is 9.25. The molecule has 0 saturated carbocycles. The van der Waals surface area contributed by atoms with Crippen molar-refractivity contribution in [3.63, 3.8) is 0 Å². The smallest absolute Gasteiger partial charge is 0.275 e. The Hall–Kier alpha value is -3.39. The number of non-ortho nitro benzene ring substituents is 1. The van der Waals surface area contributed by atoms with E-state index in [1.807, 2.05) is 39.0 Å². The van der Waals surface area contributed by atoms with E-state index < -0.39 is 4.92 Å². The van der Waals surface area contributed by atoms with Gasteiger partial charge in [-0.25, -0.2) is 0 Å². The molecule has 1 heterocycles. The topological polar surface area (TPSA) is 99.3 Å². The molecule has 1 amide bonds. The Morgan fingerprint density at radius 3 is 2.67 bits per heavy atom. The van der Waals surface area contributed by atoms with E-state index in [-0.39, 0.29) is 29.5 Å². The van der Waals surface area contributed by atoms with Crippen molar-refractivity contribution in [3.8, 4) is 11.5 Å². The number of aryl methyl sites for hydroxylation is 3. The summed E-state index contributed by atoms with van der Waals surface area (Å²) in [7, 11) is 0. The standard InChI is InChI=1S/C21H21ClN4O4/c1-13-4-5-14(2)20(8-13)30-18-10-16(9-17(11-18)26(28)29)24-21(27)6-7-25-15(3)19(22)12-23-25/h4-5,8-12H,6-7H2,1-3H3,(H,24,27). The molecule has 2 aromatic carbocycles. The highest BCUT2D eigenvalue weighted by atomic mass is 35.5. The molecule has 30 heavy (non-hydrogen) atoms. The number of carbonyl (C=O) groups is 1. The number of amides is 1. The Bertz CT molecular complexity index is 1110. The van der Waals surface area contributed by atoms with E-state index >= 15 is 0 Å². The Morgan fingerprint density at radius 1 is 1.23 bits per heavy atom. The van der Waals surface area contributed by atoms with E-state index in [4.69, 9.17) is 16.3 Å². The number of nitro groups is 1. The van der Waals surface area contributed by atoms with Gasteiger partial charge < -0.3 is 10.1 Å². The fourth-order valence-corrected chi connectivity index (χ4v) is 2.99. The molecule has 0 saturated heterocycles. The largest absolute Gasteiger partial charge is 0.457 e. The van der Waals surface area contributed by atoms with Crippen LogP contribution in [0.3, 0.4) is 0 Å². The molecule has 8 nitrogen and oxygen atoms in total. The Morgan fingerprint density at radius 2 is 2.00 bits per heavy atom. The fourth-order valence-electron chi connectivity index (χ4n) is 2.84. The van der Waals surface area contributed by atoms with Crippen LogP contribution in [-0.2, 0) is 11.3 Å². The highest BCUT2D eigenvalue weighted by molar-refractivity contribution is 6.31. The van der Waals surface area contributed by atoms with Crippen molar-refractivity contribution in [3.05, 3.63) is 74.6 Å². The lowest BCUT2D eigenvalue weighted by atomic mass is 10.1. The second-order valence-corrected chi connectivity index (χ2v) is 7.35. The van der Waals surface area contributed by atoms with E-state index in [0.717, 1.165) is 16.8 Å². The van der Waals surface area contributed by atoms with Crippen molar-refractivity contribution >= 4 is 28.9 Å². The van der Waals surface area contributed by atoms with Crippen molar-refractivity contribution in [2.75, 3.05) is 5.32 Å². The first-order chi connectivity index (χ1) is 14.2. The molecule has 0 fully saturated rings. The third-order valence-electron chi connectivity index (χ3n) is 4.55. The summed E-state index contributed by atoms with van der Waals surface area (Å²) >= 11 is 5.96. The quantitative estimate of drug-likeness (QED) is 0.412. The summed E-state index contributed by atoms with van der Waals surface area (Å²) in [6.45, 7) is 5.97. The molecule has 0 radical (unpaired) electrons. The van der Waals surface area contributed by atoms with Gasteiger partial charge in [-0.2, -0.15) is 5.10 Å². The second-order valence-electron chi connectivity index (χ2n) is 6.94. The van der Waals surface area contributed by atoms with Gasteiger partial charge in [0.1, 0.15) is 11.5 Å². The first-order valence-corrected chi connectivity index (χ1v) is 9.63. The number of nitro benzene ring substituents is 1. The van der Waals surface area contributed by atoms with Gasteiger partial charge >= 0.3 is 0 Å². The Kier molecular flexibility index (Phi) is 6.37. The van der Waals surface area contributed by atoms with Crippen LogP contribution in [0.1, 0.15) is 23.2 Å². The van der Waals surface area contributed by atoms with E-state index in [9.17, 15) is 14.9 Å². The summed E-state index contributed by atoms with van der Waals surface area (Å²) in [4.78, 5) is 23.2. The lowest BCUT2D eigenvalue weighted by Gasteiger charge is -2.12. The van der Waals surface area contributed by atoms with Crippen LogP contribution in [0, 0.1) is 30.9 Å². The molecule has 0 unspecified atom stereocenters. The number of benzene rings is 2. The second kappa shape index (κ2) is 8.96. The maximum Gasteiger partial charge on any atom is 0.275 e. The summed E-state index contributed by atoms with van der Waals surface area (Å²) in [5, 5.41) is 18.7. The molecule has 9 heteroatoms. The summed E-state index contributed by atoms with van der Waals surface area (Å²) in [5.41, 5.74) is 2.77. The maximum atomic E-state index is 12.4. The average Bonchev–Trinajstić information content (AvgIpc) is 3.01. The molecule has 0 bridgehead atoms. The van der Waals surface area contributed by atoms with Crippen molar-refractivity contribution in [1.82, 2.24) is 9.78 Å². The number of rotatable bonds is 7. The Labute approximate surface area is 178 Å². The van der Waals surface area contributed by atoms with Gasteiger partial charge in [0.2, 0.25) is 5.91 Å². The van der Waals surface area contributed by atoms with Crippen molar-refractivity contribution in [2.24, 2.45) is 0 Å². The number of hydrogen-bond acceptors (Lipinski definition) is 5. The predicted molar refractivity (Wildman–Crippen MR) is 114 cm³/mol. The van der Waals surface area contributed by atoms with Gasteiger partial charge in [0.05, 0.1) is 40.1 Å². The van der Waals surface area contributed by atoms with E-state index in [1.54, 1.807) is 10.7 Å². The lowest BCUT2D eigenvalue weighted by molar-refractivity contribution is -0.384. The van der Waals surface area contributed by atoms with Gasteiger partial charge in [-0.15, -0.1) is 0 Å². The van der Waals surface area contributed by atoms with Crippen LogP contribution in [-0.4, -0.2) is 20.6 Å². The highest BCUT2D eigenvalue weighted by Gasteiger charge is 2.14. The lowest BCUT2D eigenvalue weighted by Crippen LogP contribution is -2.15. The van der Waals surface area contributed by atoms with Gasteiger partial charge in [-0.3, -0.25) is 19.6 Å². The molecule has 0 atom stereocenters. The zero-order chi connectivity index (χ0) is 21.8. The predicted octanol–water partition coefficient (Wildman–Crippen LogP) is 5.19. The molecule has 156 valence electrons. The van der Waals surface area contributed by atoms with Gasteiger partial charge in [0.25, 0.3) is 5.69 Å². The SMILES string of the molecule is Cc1ccc(C)c(Oc2cc(NC(=O)CCn3ncc(Cl)c3C)cc([N+](=O)[O-])c2)c1. The van der Waals surface area contributed by atoms with Crippen molar-refractivity contribution < 1.29 is 14.5 Å². The monoisotopic (exact) mass is 428 g/mol. The van der Waals surface area contributed by atoms with Crippen molar-refractivity contribution in [1.29, 1.82) is 0 Å². The van der Waals surface area contributed by atoms with E-state index in [0.29, 0.717) is 17.3 Å². The molecular formula is C21H21ClN4O4. The normalized spacial score (nSPS) is 10.7. The van der Waals surface area contributed by atoms with Crippen LogP contribution in [0.5, 0.6) is 11.5 Å². The summed E-state index contributed by atoms with van der Waals surface area (Å²) in [5.74, 6) is 0.556. The average molecular weight is 429 g/mol. The van der Waals surface area contributed by atoms with Crippen LogP contribution in [0.25, 0.3) is 0 Å². The minimum atomic E-state index is -0.527. The van der Waals surface area contributed by atoms with Crippen LogP contribution in [0.2, 0.25) is 5.02 Å². The number of anilines is 1. The number of nitrogens with one attached hydrogen (secondary N) is 1. The van der Waals surface area contributed by atoms with Crippen LogP contribution >= 0.6 is 11.6 Å². The van der Waals surface area contributed by atoms with Crippen LogP contribution in [0.15, 0.2) is 42.6 Å². The summed E-state index contributed by atoms with van der Waals surface area (Å²) in [6.07, 6.45) is 1.65. The zero-order valence-corrected chi connectivity index (χ0v) is 17.6. The molecule has 0 aliphatic heterocycles. The summed E-state index contributed by atoms with van der Waals surface area (Å²) in [6, 6.07) is 9.90. The molecule has 1 N–H and O–H groups in total. The van der Waals surface area contributed by atoms with E-state index in [1.165, 1.54) is 18.3 Å². The number of carbonyl (C=O) groups excluding carboxylic acids is 1. The molecule has 0 aliphatic rings. The van der Waals surface area contributed by atoms with Gasteiger partial charge in [-0.1, -0.05) is 23.7 Å². The van der Waals surface area contributed by atoms with Crippen molar-refractivity contribution in [2.45, 2.75) is 33.7 Å². The molecule has 3 rings (SSSR count). The number of nitrogens with zero attached hydrogens (tertiary/aromatic N) is 3. The molecule has 0 spiro atoms. The minimum Gasteiger partial charge on any atom is -0.457 e. The van der Waals surface area contributed by atoms with Gasteiger partial charge in [0.15, 0.2) is 0 Å². The van der Waals surface area contributed by atoms with Gasteiger partial charge in [0, 0.05) is 18.6 Å². The number of ether oxygens (including phenoxy) is 1. The highest BCUT2D eigenvalue weighted by Crippen LogP contribution is 2.31. The maximum absolute atomic E-state index is 12.4. The number of aromatic nitrogens is 2. The molecule has 1 aromatic heterocycles. The fraction of sp³-hybridized carbons (Fsp3) is 0.238. The van der Waals surface area contributed by atoms with Crippen LogP contribution in [0.4, 0.5) is 11.4 Å². The minimum absolute atomic E-state index is 0.134. The molecule has 0 aliphatic carbocycles. The van der Waals surface area contributed by atoms with Crippen LogP contribution < -0.4 is 10.1 Å². The first kappa shape index (κ1) is 21.3.